The Kier molecular flexibility index (Phi) is 7.02. The van der Waals surface area contributed by atoms with Gasteiger partial charge in [-0.25, -0.2) is 19.6 Å². The quantitative estimate of drug-likeness (QED) is 0.368. The Balaban J connectivity index is 1.30. The lowest BCUT2D eigenvalue weighted by Gasteiger charge is -2.27. The minimum Gasteiger partial charge on any atom is -0.489 e. The van der Waals surface area contributed by atoms with Crippen molar-refractivity contribution in [1.82, 2.24) is 34.9 Å². The maximum absolute atomic E-state index is 11.4. The minimum absolute atomic E-state index is 0.126. The van der Waals surface area contributed by atoms with Crippen LogP contribution in [0.5, 0.6) is 5.75 Å². The molecule has 11 nitrogen and oxygen atoms in total. The fraction of sp³-hybridized carbons (Fsp3) is 0.346. The molecule has 37 heavy (non-hydrogen) atoms. The maximum atomic E-state index is 11.4. The number of hydrogen-bond acceptors (Lipinski definition) is 9. The Morgan fingerprint density at radius 2 is 1.97 bits per heavy atom. The summed E-state index contributed by atoms with van der Waals surface area (Å²) in [6, 6.07) is 13.4. The van der Waals surface area contributed by atoms with Gasteiger partial charge in [-0.3, -0.25) is 4.79 Å². The van der Waals surface area contributed by atoms with Crippen LogP contribution in [0.15, 0.2) is 48.8 Å². The van der Waals surface area contributed by atoms with Crippen LogP contribution in [0, 0.1) is 12.8 Å². The molecular weight excluding hydrogens is 472 g/mol. The highest BCUT2D eigenvalue weighted by molar-refractivity contribution is 5.70. The van der Waals surface area contributed by atoms with Crippen LogP contribution in [0.1, 0.15) is 37.1 Å². The number of carboxylic acid groups (broad SMARTS) is 1. The number of pyridine rings is 1. The van der Waals surface area contributed by atoms with E-state index in [4.69, 9.17) is 9.72 Å². The van der Waals surface area contributed by atoms with Gasteiger partial charge in [0.25, 0.3) is 0 Å². The fourth-order valence-corrected chi connectivity index (χ4v) is 4.51. The molecule has 0 amide bonds. The van der Waals surface area contributed by atoms with Crippen LogP contribution in [-0.2, 0) is 18.4 Å². The van der Waals surface area contributed by atoms with Crippen molar-refractivity contribution in [2.75, 3.05) is 5.32 Å². The first-order valence-electron chi connectivity index (χ1n) is 12.2. The third-order valence-corrected chi connectivity index (χ3v) is 6.51. The number of anilines is 1. The molecule has 5 rings (SSSR count). The number of benzene rings is 1. The first-order valence-corrected chi connectivity index (χ1v) is 12.2. The van der Waals surface area contributed by atoms with Gasteiger partial charge >= 0.3 is 5.97 Å². The third-order valence-electron chi connectivity index (χ3n) is 6.51. The minimum atomic E-state index is -0.754. The molecule has 0 bridgehead atoms. The average Bonchev–Trinajstić information content (AvgIpc) is 3.29. The molecule has 0 spiro atoms. The molecule has 2 N–H and O–H groups in total. The normalized spacial score (nSPS) is 17.4. The molecule has 3 aromatic heterocycles. The van der Waals surface area contributed by atoms with Crippen molar-refractivity contribution in [1.29, 1.82) is 0 Å². The largest absolute Gasteiger partial charge is 0.489 e. The van der Waals surface area contributed by atoms with Gasteiger partial charge in [-0.15, -0.1) is 5.10 Å². The van der Waals surface area contributed by atoms with E-state index in [1.165, 1.54) is 6.33 Å². The van der Waals surface area contributed by atoms with E-state index in [-0.39, 0.29) is 12.0 Å². The summed E-state index contributed by atoms with van der Waals surface area (Å²) in [4.78, 5) is 29.1. The molecule has 1 aliphatic carbocycles. The van der Waals surface area contributed by atoms with E-state index < -0.39 is 5.97 Å². The van der Waals surface area contributed by atoms with Gasteiger partial charge in [0, 0.05) is 12.6 Å². The summed E-state index contributed by atoms with van der Waals surface area (Å²) in [6.45, 7) is 2.26. The number of aliphatic carboxylic acids is 1. The molecule has 1 fully saturated rings. The first-order chi connectivity index (χ1) is 18.0. The number of aryl methyl sites for hydroxylation is 2. The Labute approximate surface area is 214 Å². The van der Waals surface area contributed by atoms with Gasteiger partial charge in [0.2, 0.25) is 5.95 Å². The van der Waals surface area contributed by atoms with Crippen LogP contribution in [-0.4, -0.2) is 52.1 Å². The predicted molar refractivity (Wildman–Crippen MR) is 136 cm³/mol. The molecule has 11 heteroatoms. The second-order valence-electron chi connectivity index (χ2n) is 9.08. The van der Waals surface area contributed by atoms with Crippen molar-refractivity contribution in [3.05, 3.63) is 60.2 Å². The van der Waals surface area contributed by atoms with Crippen LogP contribution in [0.2, 0.25) is 0 Å². The monoisotopic (exact) mass is 500 g/mol. The molecular formula is C26H28N8O3. The first kappa shape index (κ1) is 24.3. The smallest absolute Gasteiger partial charge is 0.306 e. The highest BCUT2D eigenvalue weighted by Crippen LogP contribution is 2.30. The summed E-state index contributed by atoms with van der Waals surface area (Å²) in [5, 5.41) is 21.1. The summed E-state index contributed by atoms with van der Waals surface area (Å²) >= 11 is 0. The van der Waals surface area contributed by atoms with Crippen molar-refractivity contribution >= 4 is 11.9 Å². The number of rotatable bonds is 8. The van der Waals surface area contributed by atoms with E-state index >= 15 is 0 Å². The average molecular weight is 501 g/mol. The molecule has 0 saturated heterocycles. The highest BCUT2D eigenvalue weighted by atomic mass is 16.5. The summed E-state index contributed by atoms with van der Waals surface area (Å²) in [5.41, 5.74) is 3.75. The van der Waals surface area contributed by atoms with Crippen molar-refractivity contribution < 1.29 is 14.6 Å². The number of aromatic nitrogens is 7. The molecule has 1 saturated carbocycles. The van der Waals surface area contributed by atoms with E-state index in [1.54, 1.807) is 4.68 Å². The van der Waals surface area contributed by atoms with Crippen molar-refractivity contribution in [3.8, 4) is 28.5 Å². The van der Waals surface area contributed by atoms with Gasteiger partial charge in [0.05, 0.1) is 35.6 Å². The van der Waals surface area contributed by atoms with Gasteiger partial charge < -0.3 is 15.2 Å². The van der Waals surface area contributed by atoms with Crippen LogP contribution in [0.25, 0.3) is 22.8 Å². The molecule has 1 aliphatic rings. The third kappa shape index (κ3) is 5.55. The fourth-order valence-electron chi connectivity index (χ4n) is 4.51. The van der Waals surface area contributed by atoms with Crippen LogP contribution in [0.4, 0.5) is 5.95 Å². The molecule has 0 unspecified atom stereocenters. The van der Waals surface area contributed by atoms with Crippen molar-refractivity contribution in [3.63, 3.8) is 0 Å². The Hall–Kier alpha value is -4.41. The zero-order valence-corrected chi connectivity index (χ0v) is 20.7. The highest BCUT2D eigenvalue weighted by Gasteiger charge is 2.28. The predicted octanol–water partition coefficient (Wildman–Crippen LogP) is 3.67. The molecule has 0 radical (unpaired) electrons. The number of hydrogen-bond donors (Lipinski definition) is 2. The van der Waals surface area contributed by atoms with Crippen LogP contribution < -0.4 is 10.1 Å². The summed E-state index contributed by atoms with van der Waals surface area (Å²) < 4.78 is 7.84. The van der Waals surface area contributed by atoms with E-state index in [9.17, 15) is 9.90 Å². The number of ether oxygens (including phenoxy) is 1. The van der Waals surface area contributed by atoms with E-state index in [2.05, 4.69) is 30.6 Å². The van der Waals surface area contributed by atoms with Crippen molar-refractivity contribution in [2.45, 2.75) is 45.3 Å². The Bertz CT molecular complexity index is 1390. The lowest BCUT2D eigenvalue weighted by Crippen LogP contribution is -2.29. The number of carboxylic acids is 1. The standard InChI is InChI=1S/C26H28N8O3/c1-16-22(37-19-10-6-9-18(13-19)25(35)36)12-11-20(30-16)23-21(34(2)33-32-23)14-27-26-29-15-28-24(31-26)17-7-4-3-5-8-17/h3-5,7-8,11-12,15,18-19H,6,9-10,13-14H2,1-2H3,(H,35,36)(H,27,28,29,31)/t18-,19-/m0/s1. The number of carbonyl (C=O) groups is 1. The summed E-state index contributed by atoms with van der Waals surface area (Å²) in [7, 11) is 1.82. The van der Waals surface area contributed by atoms with Gasteiger partial charge in [0.1, 0.15) is 17.8 Å². The lowest BCUT2D eigenvalue weighted by atomic mass is 9.87. The number of nitrogens with one attached hydrogen (secondary N) is 1. The molecule has 3 heterocycles. The topological polar surface area (TPSA) is 141 Å². The molecule has 2 atom stereocenters. The van der Waals surface area contributed by atoms with Gasteiger partial charge in [-0.1, -0.05) is 35.5 Å². The maximum Gasteiger partial charge on any atom is 0.306 e. The zero-order valence-electron chi connectivity index (χ0n) is 20.7. The van der Waals surface area contributed by atoms with Gasteiger partial charge in [-0.05, 0) is 44.7 Å². The lowest BCUT2D eigenvalue weighted by molar-refractivity contribution is -0.143. The van der Waals surface area contributed by atoms with Crippen molar-refractivity contribution in [2.24, 2.45) is 13.0 Å². The van der Waals surface area contributed by atoms with E-state index in [0.29, 0.717) is 54.0 Å². The summed E-state index contributed by atoms with van der Waals surface area (Å²) in [5.74, 6) is 0.579. The molecule has 1 aromatic carbocycles. The Morgan fingerprint density at radius 3 is 2.76 bits per heavy atom. The van der Waals surface area contributed by atoms with Crippen LogP contribution >= 0.6 is 0 Å². The van der Waals surface area contributed by atoms with E-state index in [1.807, 2.05) is 56.4 Å². The van der Waals surface area contributed by atoms with Crippen LogP contribution in [0.3, 0.4) is 0 Å². The molecule has 4 aromatic rings. The Morgan fingerprint density at radius 1 is 1.14 bits per heavy atom. The zero-order chi connectivity index (χ0) is 25.8. The molecule has 0 aliphatic heterocycles. The second-order valence-corrected chi connectivity index (χ2v) is 9.08. The SMILES string of the molecule is Cc1nc(-c2nnn(C)c2CNc2ncnc(-c3ccccc3)n2)ccc1O[C@H]1CCC[C@H](C(=O)O)C1. The van der Waals surface area contributed by atoms with Gasteiger partial charge in [0.15, 0.2) is 5.82 Å². The van der Waals surface area contributed by atoms with Gasteiger partial charge in [-0.2, -0.15) is 4.98 Å². The second kappa shape index (κ2) is 10.7. The number of nitrogens with zero attached hydrogens (tertiary/aromatic N) is 7. The molecule has 190 valence electrons. The summed E-state index contributed by atoms with van der Waals surface area (Å²) in [6.07, 6.45) is 4.25. The van der Waals surface area contributed by atoms with E-state index in [0.717, 1.165) is 24.1 Å².